The van der Waals surface area contributed by atoms with Crippen molar-refractivity contribution >= 4 is 11.8 Å². The van der Waals surface area contributed by atoms with Crippen LogP contribution in [-0.4, -0.2) is 68.3 Å². The Morgan fingerprint density at radius 2 is 2.04 bits per heavy atom. The number of aliphatic hydroxyl groups is 1. The van der Waals surface area contributed by atoms with Crippen LogP contribution in [0.2, 0.25) is 0 Å². The molecule has 0 spiro atoms. The van der Waals surface area contributed by atoms with Crippen molar-refractivity contribution in [2.75, 3.05) is 40.5 Å². The third kappa shape index (κ3) is 6.22. The van der Waals surface area contributed by atoms with E-state index >= 15 is 0 Å². The van der Waals surface area contributed by atoms with Crippen molar-refractivity contribution < 1.29 is 28.9 Å². The van der Waals surface area contributed by atoms with Crippen LogP contribution in [-0.2, 0) is 9.53 Å². The van der Waals surface area contributed by atoms with E-state index in [0.717, 1.165) is 25.8 Å². The third-order valence-corrected chi connectivity index (χ3v) is 4.80. The Balaban J connectivity index is 1.95. The summed E-state index contributed by atoms with van der Waals surface area (Å²) in [7, 11) is 2.88. The Labute approximate surface area is 160 Å². The van der Waals surface area contributed by atoms with E-state index in [1.54, 1.807) is 18.2 Å². The maximum atomic E-state index is 12.7. The second-order valence-corrected chi connectivity index (χ2v) is 6.62. The fraction of sp³-hybridized carbons (Fsp3) is 0.600. The van der Waals surface area contributed by atoms with Crippen LogP contribution in [0.15, 0.2) is 18.2 Å². The molecule has 1 aliphatic heterocycles. The van der Waals surface area contributed by atoms with Crippen LogP contribution < -0.4 is 9.47 Å². The number of carbonyl (C=O) groups is 2. The van der Waals surface area contributed by atoms with Crippen molar-refractivity contribution in [1.29, 1.82) is 0 Å². The molecule has 0 radical (unpaired) electrons. The van der Waals surface area contributed by atoms with E-state index in [4.69, 9.17) is 9.47 Å². The van der Waals surface area contributed by atoms with Crippen molar-refractivity contribution in [3.63, 3.8) is 0 Å². The van der Waals surface area contributed by atoms with Gasteiger partial charge in [-0.3, -0.25) is 14.5 Å². The van der Waals surface area contributed by atoms with Crippen LogP contribution in [0, 0.1) is 0 Å². The lowest BCUT2D eigenvalue weighted by molar-refractivity contribution is -0.140. The molecule has 7 nitrogen and oxygen atoms in total. The van der Waals surface area contributed by atoms with E-state index in [9.17, 15) is 14.7 Å². The molecule has 1 saturated heterocycles. The molecule has 1 atom stereocenters. The summed E-state index contributed by atoms with van der Waals surface area (Å²) in [6.45, 7) is 1.54. The van der Waals surface area contributed by atoms with Crippen molar-refractivity contribution in [2.45, 2.75) is 38.1 Å². The topological polar surface area (TPSA) is 85.3 Å². The number of likely N-dealkylation sites (tertiary alicyclic amines) is 1. The van der Waals surface area contributed by atoms with E-state index in [1.807, 2.05) is 0 Å². The third-order valence-electron chi connectivity index (χ3n) is 4.80. The largest absolute Gasteiger partial charge is 0.493 e. The first kappa shape index (κ1) is 21.2. The first-order valence-corrected chi connectivity index (χ1v) is 9.34. The van der Waals surface area contributed by atoms with Crippen molar-refractivity contribution in [2.24, 2.45) is 0 Å². The highest BCUT2D eigenvalue weighted by Crippen LogP contribution is 2.29. The maximum absolute atomic E-state index is 12.7. The minimum absolute atomic E-state index is 0.00843. The fourth-order valence-electron chi connectivity index (χ4n) is 3.21. The molecule has 0 saturated carbocycles. The van der Waals surface area contributed by atoms with Gasteiger partial charge in [-0.25, -0.2) is 0 Å². The zero-order valence-corrected chi connectivity index (χ0v) is 16.1. The van der Waals surface area contributed by atoms with Crippen molar-refractivity contribution in [3.05, 3.63) is 23.8 Å². The number of ether oxygens (including phenoxy) is 3. The predicted molar refractivity (Wildman–Crippen MR) is 100 cm³/mol. The van der Waals surface area contributed by atoms with E-state index in [1.165, 1.54) is 14.2 Å². The van der Waals surface area contributed by atoms with Gasteiger partial charge < -0.3 is 19.3 Å². The molecule has 150 valence electrons. The molecular formula is C20H29NO6. The number of Topliss-reactive ketones (excluding diaryl/α,β-unsaturated/α-hetero) is 1. The quantitative estimate of drug-likeness (QED) is 0.378. The Bertz CT molecular complexity index is 633. The van der Waals surface area contributed by atoms with Gasteiger partial charge in [0, 0.05) is 18.0 Å². The summed E-state index contributed by atoms with van der Waals surface area (Å²) in [5.74, 6) is 0.734. The maximum Gasteiger partial charge on any atom is 0.305 e. The van der Waals surface area contributed by atoms with Gasteiger partial charge in [0.1, 0.15) is 0 Å². The Kier molecular flexibility index (Phi) is 8.54. The summed E-state index contributed by atoms with van der Waals surface area (Å²) in [4.78, 5) is 25.8. The summed E-state index contributed by atoms with van der Waals surface area (Å²) < 4.78 is 15.6. The monoisotopic (exact) mass is 379 g/mol. The van der Waals surface area contributed by atoms with Crippen LogP contribution >= 0.6 is 0 Å². The van der Waals surface area contributed by atoms with Gasteiger partial charge in [-0.15, -0.1) is 0 Å². The Morgan fingerprint density at radius 1 is 1.22 bits per heavy atom. The number of carbonyl (C=O) groups excluding carboxylic acids is 2. The highest BCUT2D eigenvalue weighted by atomic mass is 16.5. The summed E-state index contributed by atoms with van der Waals surface area (Å²) in [5.41, 5.74) is 0.552. The first-order chi connectivity index (χ1) is 13.1. The molecule has 1 fully saturated rings. The van der Waals surface area contributed by atoms with Gasteiger partial charge in [0.2, 0.25) is 0 Å². The number of rotatable bonds is 10. The van der Waals surface area contributed by atoms with E-state index < -0.39 is 0 Å². The number of benzene rings is 1. The zero-order valence-electron chi connectivity index (χ0n) is 16.1. The van der Waals surface area contributed by atoms with Crippen LogP contribution in [0.3, 0.4) is 0 Å². The van der Waals surface area contributed by atoms with Gasteiger partial charge in [0.15, 0.2) is 17.3 Å². The minimum Gasteiger partial charge on any atom is -0.493 e. The molecule has 0 bridgehead atoms. The smallest absolute Gasteiger partial charge is 0.305 e. The van der Waals surface area contributed by atoms with Gasteiger partial charge in [-0.2, -0.15) is 0 Å². The number of ketones is 1. The number of hydrogen-bond donors (Lipinski definition) is 1. The van der Waals surface area contributed by atoms with Crippen molar-refractivity contribution in [1.82, 2.24) is 4.90 Å². The minimum atomic E-state index is -0.273. The SMILES string of the molecule is COC(=O)CCCOc1ccc(C(=O)CN2CCCC[C@H]2CO)cc1OC. The van der Waals surface area contributed by atoms with E-state index in [0.29, 0.717) is 30.1 Å². The molecule has 2 rings (SSSR count). The summed E-state index contributed by atoms with van der Waals surface area (Å²) in [5, 5.41) is 9.50. The normalized spacial score (nSPS) is 17.4. The highest BCUT2D eigenvalue weighted by Gasteiger charge is 2.24. The van der Waals surface area contributed by atoms with Gasteiger partial charge in [0.25, 0.3) is 0 Å². The van der Waals surface area contributed by atoms with Gasteiger partial charge in [-0.1, -0.05) is 6.42 Å². The number of piperidine rings is 1. The van der Waals surface area contributed by atoms with Gasteiger partial charge in [0.05, 0.1) is 34.0 Å². The number of esters is 1. The molecule has 0 aromatic heterocycles. The molecule has 1 N–H and O–H groups in total. The van der Waals surface area contributed by atoms with Crippen LogP contribution in [0.1, 0.15) is 42.5 Å². The summed E-state index contributed by atoms with van der Waals surface area (Å²) in [6, 6.07) is 5.17. The molecule has 0 amide bonds. The Hall–Kier alpha value is -2.12. The Morgan fingerprint density at radius 3 is 2.74 bits per heavy atom. The zero-order chi connectivity index (χ0) is 19.6. The molecule has 1 aromatic carbocycles. The lowest BCUT2D eigenvalue weighted by Gasteiger charge is -2.33. The van der Waals surface area contributed by atoms with Gasteiger partial charge in [-0.05, 0) is 44.0 Å². The average Bonchev–Trinajstić information content (AvgIpc) is 2.71. The van der Waals surface area contributed by atoms with E-state index in [2.05, 4.69) is 9.64 Å². The lowest BCUT2D eigenvalue weighted by Crippen LogP contribution is -2.44. The second-order valence-electron chi connectivity index (χ2n) is 6.62. The predicted octanol–water partition coefficient (Wildman–Crippen LogP) is 2.06. The highest BCUT2D eigenvalue weighted by molar-refractivity contribution is 5.98. The van der Waals surface area contributed by atoms with Crippen LogP contribution in [0.4, 0.5) is 0 Å². The van der Waals surface area contributed by atoms with Crippen molar-refractivity contribution in [3.8, 4) is 11.5 Å². The molecule has 1 aliphatic rings. The number of methoxy groups -OCH3 is 2. The fourth-order valence-corrected chi connectivity index (χ4v) is 3.21. The standard InChI is InChI=1S/C20H29NO6/c1-25-19-12-15(8-9-18(19)27-11-5-7-20(24)26-2)17(23)13-21-10-4-3-6-16(21)14-22/h8-9,12,16,22H,3-7,10-11,13-14H2,1-2H3/t16-/m0/s1. The number of nitrogens with zero attached hydrogens (tertiary/aromatic N) is 1. The number of aliphatic hydroxyl groups excluding tert-OH is 1. The molecule has 1 aromatic rings. The second kappa shape index (κ2) is 10.9. The van der Waals surface area contributed by atoms with Crippen LogP contribution in [0.5, 0.6) is 11.5 Å². The molecule has 0 unspecified atom stereocenters. The number of hydrogen-bond acceptors (Lipinski definition) is 7. The molecule has 7 heteroatoms. The lowest BCUT2D eigenvalue weighted by atomic mass is 10.0. The summed E-state index contributed by atoms with van der Waals surface area (Å²) in [6.07, 6.45) is 3.88. The molecule has 27 heavy (non-hydrogen) atoms. The molecule has 0 aliphatic carbocycles. The summed E-state index contributed by atoms with van der Waals surface area (Å²) >= 11 is 0. The van der Waals surface area contributed by atoms with Gasteiger partial charge >= 0.3 is 5.97 Å². The average molecular weight is 379 g/mol. The van der Waals surface area contributed by atoms with Crippen LogP contribution in [0.25, 0.3) is 0 Å². The molecular weight excluding hydrogens is 350 g/mol. The van der Waals surface area contributed by atoms with E-state index in [-0.39, 0.29) is 37.4 Å². The first-order valence-electron chi connectivity index (χ1n) is 9.34. The molecule has 1 heterocycles.